The molecule has 0 bridgehead atoms. The Balaban J connectivity index is 3.74. The number of carbonyl (C=O) groups is 2. The van der Waals surface area contributed by atoms with Crippen molar-refractivity contribution in [2.45, 2.75) is 45.7 Å². The molecule has 0 aliphatic heterocycles. The summed E-state index contributed by atoms with van der Waals surface area (Å²) < 4.78 is 0. The summed E-state index contributed by atoms with van der Waals surface area (Å²) >= 11 is 0. The van der Waals surface area contributed by atoms with Gasteiger partial charge in [0.25, 0.3) is 0 Å². The van der Waals surface area contributed by atoms with Crippen LogP contribution in [-0.2, 0) is 9.59 Å². The molecule has 0 aliphatic carbocycles. The Morgan fingerprint density at radius 2 is 2.00 bits per heavy atom. The van der Waals surface area contributed by atoms with E-state index in [-0.39, 0.29) is 30.4 Å². The molecule has 0 aliphatic rings. The molecule has 5 heteroatoms. The number of terminal acetylenes is 1. The lowest BCUT2D eigenvalue weighted by Crippen LogP contribution is -2.43. The number of rotatable bonds is 8. The summed E-state index contributed by atoms with van der Waals surface area (Å²) in [7, 11) is 0. The zero-order chi connectivity index (χ0) is 14.0. The van der Waals surface area contributed by atoms with Crippen LogP contribution < -0.4 is 16.0 Å². The van der Waals surface area contributed by atoms with Gasteiger partial charge in [-0.15, -0.1) is 6.42 Å². The molecule has 18 heavy (non-hydrogen) atoms. The van der Waals surface area contributed by atoms with Gasteiger partial charge in [0.15, 0.2) is 0 Å². The number of hydrogen-bond donors (Lipinski definition) is 3. The number of amides is 2. The standard InChI is InChI=1S/C13H23N3O2/c1-5-8-15-13(18)11(4)14-9-7-12(17)16-10(3)6-2/h1,10-11,14H,6-9H2,2-4H3,(H,15,18)(H,16,17). The Labute approximate surface area is 109 Å². The predicted molar refractivity (Wildman–Crippen MR) is 71.8 cm³/mol. The van der Waals surface area contributed by atoms with Crippen LogP contribution in [0, 0.1) is 12.3 Å². The molecule has 0 heterocycles. The second kappa shape index (κ2) is 9.49. The molecule has 2 atom stereocenters. The topological polar surface area (TPSA) is 70.2 Å². The third-order valence-corrected chi connectivity index (χ3v) is 2.58. The second-order valence-electron chi connectivity index (χ2n) is 4.22. The second-order valence-corrected chi connectivity index (χ2v) is 4.22. The molecule has 2 unspecified atom stereocenters. The van der Waals surface area contributed by atoms with Gasteiger partial charge < -0.3 is 16.0 Å². The van der Waals surface area contributed by atoms with Gasteiger partial charge in [0, 0.05) is 19.0 Å². The Hall–Kier alpha value is -1.54. The van der Waals surface area contributed by atoms with Gasteiger partial charge in [0.2, 0.25) is 11.8 Å². The zero-order valence-electron chi connectivity index (χ0n) is 11.4. The Morgan fingerprint density at radius 3 is 2.56 bits per heavy atom. The first kappa shape index (κ1) is 16.5. The molecule has 102 valence electrons. The maximum atomic E-state index is 11.5. The molecule has 0 saturated carbocycles. The third-order valence-electron chi connectivity index (χ3n) is 2.58. The SMILES string of the molecule is C#CCNC(=O)C(C)NCCC(=O)NC(C)CC. The largest absolute Gasteiger partial charge is 0.354 e. The highest BCUT2D eigenvalue weighted by molar-refractivity contribution is 5.81. The van der Waals surface area contributed by atoms with Gasteiger partial charge in [0.1, 0.15) is 0 Å². The third kappa shape index (κ3) is 7.69. The van der Waals surface area contributed by atoms with Crippen molar-refractivity contribution in [3.05, 3.63) is 0 Å². The summed E-state index contributed by atoms with van der Waals surface area (Å²) in [5.41, 5.74) is 0. The fourth-order valence-corrected chi connectivity index (χ4v) is 1.24. The van der Waals surface area contributed by atoms with E-state index in [2.05, 4.69) is 21.9 Å². The maximum absolute atomic E-state index is 11.5. The molecule has 2 amide bonds. The van der Waals surface area contributed by atoms with Crippen LogP contribution in [0.2, 0.25) is 0 Å². The van der Waals surface area contributed by atoms with Crippen LogP contribution in [0.15, 0.2) is 0 Å². The summed E-state index contributed by atoms with van der Waals surface area (Å²) in [6, 6.07) is -0.163. The van der Waals surface area contributed by atoms with Gasteiger partial charge in [-0.05, 0) is 20.3 Å². The fraction of sp³-hybridized carbons (Fsp3) is 0.692. The zero-order valence-corrected chi connectivity index (χ0v) is 11.4. The van der Waals surface area contributed by atoms with Gasteiger partial charge in [-0.2, -0.15) is 0 Å². The predicted octanol–water partition coefficient (Wildman–Crippen LogP) is 0.0187. The van der Waals surface area contributed by atoms with E-state index in [9.17, 15) is 9.59 Å². The van der Waals surface area contributed by atoms with E-state index in [4.69, 9.17) is 6.42 Å². The van der Waals surface area contributed by atoms with Crippen molar-refractivity contribution in [2.24, 2.45) is 0 Å². The maximum Gasteiger partial charge on any atom is 0.237 e. The quantitative estimate of drug-likeness (QED) is 0.534. The van der Waals surface area contributed by atoms with E-state index in [1.54, 1.807) is 6.92 Å². The summed E-state index contributed by atoms with van der Waals surface area (Å²) in [6.45, 7) is 6.40. The molecule has 0 radical (unpaired) electrons. The average Bonchev–Trinajstić information content (AvgIpc) is 2.35. The first-order valence-electron chi connectivity index (χ1n) is 6.25. The molecule has 0 saturated heterocycles. The first-order chi connectivity index (χ1) is 8.51. The van der Waals surface area contributed by atoms with Crippen molar-refractivity contribution < 1.29 is 9.59 Å². The lowest BCUT2D eigenvalue weighted by atomic mass is 10.2. The van der Waals surface area contributed by atoms with Crippen LogP contribution in [0.5, 0.6) is 0 Å². The van der Waals surface area contributed by atoms with E-state index in [1.165, 1.54) is 0 Å². The number of nitrogens with one attached hydrogen (secondary N) is 3. The van der Waals surface area contributed by atoms with Crippen LogP contribution in [0.4, 0.5) is 0 Å². The number of carbonyl (C=O) groups excluding carboxylic acids is 2. The Bertz CT molecular complexity index is 310. The molecule has 0 aromatic rings. The monoisotopic (exact) mass is 253 g/mol. The van der Waals surface area contributed by atoms with Crippen LogP contribution in [0.3, 0.4) is 0 Å². The first-order valence-corrected chi connectivity index (χ1v) is 6.25. The van der Waals surface area contributed by atoms with Crippen molar-refractivity contribution >= 4 is 11.8 Å². The number of hydrogen-bond acceptors (Lipinski definition) is 3. The van der Waals surface area contributed by atoms with E-state index in [0.29, 0.717) is 13.0 Å². The summed E-state index contributed by atoms with van der Waals surface area (Å²) in [5.74, 6) is 2.17. The highest BCUT2D eigenvalue weighted by Crippen LogP contribution is 1.90. The minimum atomic E-state index is -0.352. The minimum absolute atomic E-state index is 0.00640. The van der Waals surface area contributed by atoms with Gasteiger partial charge in [-0.3, -0.25) is 9.59 Å². The van der Waals surface area contributed by atoms with Crippen molar-refractivity contribution in [3.63, 3.8) is 0 Å². The van der Waals surface area contributed by atoms with Crippen molar-refractivity contribution in [3.8, 4) is 12.3 Å². The van der Waals surface area contributed by atoms with E-state index < -0.39 is 0 Å². The Morgan fingerprint density at radius 1 is 1.33 bits per heavy atom. The molecule has 5 nitrogen and oxygen atoms in total. The van der Waals surface area contributed by atoms with Crippen LogP contribution in [-0.4, -0.2) is 37.0 Å². The molecule has 0 rings (SSSR count). The average molecular weight is 253 g/mol. The molecule has 0 spiro atoms. The highest BCUT2D eigenvalue weighted by Gasteiger charge is 2.11. The lowest BCUT2D eigenvalue weighted by molar-refractivity contribution is -0.124. The molecule has 3 N–H and O–H groups in total. The molecule has 0 aromatic heterocycles. The van der Waals surface area contributed by atoms with Gasteiger partial charge >= 0.3 is 0 Å². The lowest BCUT2D eigenvalue weighted by Gasteiger charge is -2.14. The van der Waals surface area contributed by atoms with Gasteiger partial charge in [-0.1, -0.05) is 12.8 Å². The van der Waals surface area contributed by atoms with Gasteiger partial charge in [-0.25, -0.2) is 0 Å². The molecular weight excluding hydrogens is 230 g/mol. The van der Waals surface area contributed by atoms with E-state index in [0.717, 1.165) is 6.42 Å². The smallest absolute Gasteiger partial charge is 0.237 e. The van der Waals surface area contributed by atoms with Crippen LogP contribution in [0.25, 0.3) is 0 Å². The van der Waals surface area contributed by atoms with Crippen LogP contribution >= 0.6 is 0 Å². The summed E-state index contributed by atoms with van der Waals surface area (Å²) in [4.78, 5) is 22.9. The van der Waals surface area contributed by atoms with Crippen molar-refractivity contribution in [2.75, 3.05) is 13.1 Å². The van der Waals surface area contributed by atoms with Gasteiger partial charge in [0.05, 0.1) is 12.6 Å². The van der Waals surface area contributed by atoms with Crippen LogP contribution in [0.1, 0.15) is 33.6 Å². The molecule has 0 fully saturated rings. The molecular formula is C13H23N3O2. The summed E-state index contributed by atoms with van der Waals surface area (Å²) in [6.07, 6.45) is 6.30. The van der Waals surface area contributed by atoms with Crippen molar-refractivity contribution in [1.29, 1.82) is 0 Å². The summed E-state index contributed by atoms with van der Waals surface area (Å²) in [5, 5.41) is 8.41. The fourth-order valence-electron chi connectivity index (χ4n) is 1.24. The highest BCUT2D eigenvalue weighted by atomic mass is 16.2. The minimum Gasteiger partial charge on any atom is -0.354 e. The van der Waals surface area contributed by atoms with E-state index in [1.807, 2.05) is 13.8 Å². The molecule has 0 aromatic carbocycles. The van der Waals surface area contributed by atoms with Crippen molar-refractivity contribution in [1.82, 2.24) is 16.0 Å². The normalized spacial score (nSPS) is 13.2. The van der Waals surface area contributed by atoms with E-state index >= 15 is 0 Å². The Kier molecular flexibility index (Phi) is 8.67.